The monoisotopic (exact) mass is 402 g/mol. The lowest BCUT2D eigenvalue weighted by Gasteiger charge is -2.13. The first-order chi connectivity index (χ1) is 14.5. The highest BCUT2D eigenvalue weighted by molar-refractivity contribution is 5.95. The van der Waals surface area contributed by atoms with E-state index in [9.17, 15) is 4.79 Å². The summed E-state index contributed by atoms with van der Waals surface area (Å²) in [5, 5.41) is 11.3. The minimum absolute atomic E-state index is 0.108. The number of carbonyl (C=O) groups excluding carboxylic acids is 1. The van der Waals surface area contributed by atoms with Crippen LogP contribution in [0.4, 0.5) is 0 Å². The normalized spacial score (nSPS) is 11.1. The van der Waals surface area contributed by atoms with Gasteiger partial charge in [0, 0.05) is 18.0 Å². The second kappa shape index (κ2) is 8.28. The molecule has 0 saturated carbocycles. The summed E-state index contributed by atoms with van der Waals surface area (Å²) in [6.45, 7) is 6.24. The summed E-state index contributed by atoms with van der Waals surface area (Å²) in [6, 6.07) is 11.6. The molecule has 0 aliphatic rings. The number of pyridine rings is 1. The molecule has 0 fully saturated rings. The van der Waals surface area contributed by atoms with Gasteiger partial charge in [-0.1, -0.05) is 36.7 Å². The van der Waals surface area contributed by atoms with Gasteiger partial charge in [0.15, 0.2) is 0 Å². The van der Waals surface area contributed by atoms with E-state index in [-0.39, 0.29) is 18.4 Å². The average Bonchev–Trinajstić information content (AvgIpc) is 3.41. The predicted molar refractivity (Wildman–Crippen MR) is 111 cm³/mol. The van der Waals surface area contributed by atoms with Crippen LogP contribution in [-0.4, -0.2) is 30.8 Å². The first kappa shape index (κ1) is 19.5. The van der Waals surface area contributed by atoms with Gasteiger partial charge in [-0.3, -0.25) is 9.78 Å². The molecule has 3 heterocycles. The van der Waals surface area contributed by atoms with Crippen molar-refractivity contribution in [3.8, 4) is 17.1 Å². The maximum absolute atomic E-state index is 12.9. The lowest BCUT2D eigenvalue weighted by molar-refractivity contribution is 0.0945. The van der Waals surface area contributed by atoms with E-state index in [0.29, 0.717) is 17.3 Å². The van der Waals surface area contributed by atoms with Crippen molar-refractivity contribution in [2.24, 2.45) is 0 Å². The summed E-state index contributed by atoms with van der Waals surface area (Å²) < 4.78 is 7.06. The largest absolute Gasteiger partial charge is 0.343 e. The third-order valence-electron chi connectivity index (χ3n) is 4.68. The fraction of sp³-hybridized carbons (Fsp3) is 0.227. The Morgan fingerprint density at radius 1 is 1.13 bits per heavy atom. The maximum atomic E-state index is 12.9. The maximum Gasteiger partial charge on any atom is 0.255 e. The topological polar surface area (TPSA) is 98.7 Å². The van der Waals surface area contributed by atoms with Gasteiger partial charge >= 0.3 is 0 Å². The van der Waals surface area contributed by atoms with E-state index in [2.05, 4.69) is 25.5 Å². The van der Waals surface area contributed by atoms with E-state index in [1.807, 2.05) is 49.7 Å². The molecular formula is C22H22N6O2. The lowest BCUT2D eigenvalue weighted by Crippen LogP contribution is -2.24. The molecule has 8 nitrogen and oxygen atoms in total. The molecule has 0 radical (unpaired) electrons. The zero-order chi connectivity index (χ0) is 21.1. The zero-order valence-corrected chi connectivity index (χ0v) is 17.0. The number of aryl methyl sites for hydroxylation is 1. The number of rotatable bonds is 6. The van der Waals surface area contributed by atoms with Crippen molar-refractivity contribution < 1.29 is 9.32 Å². The van der Waals surface area contributed by atoms with Gasteiger partial charge in [0.2, 0.25) is 11.7 Å². The van der Waals surface area contributed by atoms with Crippen LogP contribution >= 0.6 is 0 Å². The van der Waals surface area contributed by atoms with Crippen molar-refractivity contribution in [3.05, 3.63) is 77.7 Å². The molecule has 152 valence electrons. The number of amides is 1. The van der Waals surface area contributed by atoms with Crippen molar-refractivity contribution >= 4 is 5.91 Å². The molecule has 1 N–H and O–H groups in total. The van der Waals surface area contributed by atoms with Crippen molar-refractivity contribution in [2.45, 2.75) is 33.2 Å². The van der Waals surface area contributed by atoms with Crippen molar-refractivity contribution in [3.63, 3.8) is 0 Å². The molecule has 30 heavy (non-hydrogen) atoms. The first-order valence-corrected chi connectivity index (χ1v) is 9.69. The average molecular weight is 402 g/mol. The van der Waals surface area contributed by atoms with Crippen LogP contribution < -0.4 is 5.32 Å². The number of nitrogens with one attached hydrogen (secondary N) is 1. The second-order valence-corrected chi connectivity index (χ2v) is 7.28. The molecule has 0 aliphatic heterocycles. The molecule has 0 bridgehead atoms. The van der Waals surface area contributed by atoms with Crippen LogP contribution in [0.5, 0.6) is 0 Å². The molecular weight excluding hydrogens is 380 g/mol. The number of carbonyl (C=O) groups is 1. The molecule has 4 aromatic rings. The highest BCUT2D eigenvalue weighted by Crippen LogP contribution is 2.23. The minimum atomic E-state index is -0.235. The number of nitrogens with zero attached hydrogens (tertiary/aromatic N) is 5. The van der Waals surface area contributed by atoms with Crippen LogP contribution in [0.25, 0.3) is 17.1 Å². The Kier molecular flexibility index (Phi) is 5.38. The van der Waals surface area contributed by atoms with Gasteiger partial charge in [0.25, 0.3) is 5.91 Å². The van der Waals surface area contributed by atoms with Crippen LogP contribution in [0.15, 0.2) is 59.5 Å². The van der Waals surface area contributed by atoms with Crippen LogP contribution in [-0.2, 0) is 6.54 Å². The Labute approximate surface area is 174 Å². The predicted octanol–water partition coefficient (Wildman–Crippen LogP) is 3.68. The van der Waals surface area contributed by atoms with Gasteiger partial charge in [-0.05, 0) is 37.1 Å². The summed E-state index contributed by atoms with van der Waals surface area (Å²) in [7, 11) is 0. The van der Waals surface area contributed by atoms with Crippen LogP contribution in [0.2, 0.25) is 0 Å². The quantitative estimate of drug-likeness (QED) is 0.528. The van der Waals surface area contributed by atoms with Gasteiger partial charge in [-0.15, -0.1) is 0 Å². The molecule has 1 aromatic carbocycles. The SMILES string of the molecule is Cc1ccc(-n2ncc(C(=O)NCc3nc(-c4ccncc4)no3)c2C(C)C)cc1. The smallest absolute Gasteiger partial charge is 0.255 e. The summed E-state index contributed by atoms with van der Waals surface area (Å²) >= 11 is 0. The number of hydrogen-bond donors (Lipinski definition) is 1. The summed E-state index contributed by atoms with van der Waals surface area (Å²) in [5.41, 5.74) is 4.26. The van der Waals surface area contributed by atoms with Gasteiger partial charge in [-0.25, -0.2) is 4.68 Å². The van der Waals surface area contributed by atoms with E-state index in [4.69, 9.17) is 4.52 Å². The highest BCUT2D eigenvalue weighted by Gasteiger charge is 2.21. The summed E-state index contributed by atoms with van der Waals surface area (Å²) in [4.78, 5) is 21.2. The van der Waals surface area contributed by atoms with E-state index in [1.165, 1.54) is 5.56 Å². The third-order valence-corrected chi connectivity index (χ3v) is 4.68. The lowest BCUT2D eigenvalue weighted by atomic mass is 10.0. The third kappa shape index (κ3) is 3.98. The molecule has 4 rings (SSSR count). The molecule has 0 aliphatic carbocycles. The standard InChI is InChI=1S/C22H22N6O2/c1-14(2)20-18(12-25-28(20)17-6-4-15(3)5-7-17)22(29)24-13-19-26-21(27-30-19)16-8-10-23-11-9-16/h4-12,14H,13H2,1-3H3,(H,24,29). The molecule has 0 unspecified atom stereocenters. The van der Waals surface area contributed by atoms with E-state index < -0.39 is 0 Å². The van der Waals surface area contributed by atoms with Gasteiger partial charge in [0.05, 0.1) is 29.7 Å². The van der Waals surface area contributed by atoms with Crippen LogP contribution in [0.1, 0.15) is 47.3 Å². The van der Waals surface area contributed by atoms with Gasteiger partial charge < -0.3 is 9.84 Å². The minimum Gasteiger partial charge on any atom is -0.343 e. The van der Waals surface area contributed by atoms with E-state index >= 15 is 0 Å². The molecule has 0 atom stereocenters. The molecule has 3 aromatic heterocycles. The number of hydrogen-bond acceptors (Lipinski definition) is 6. The summed E-state index contributed by atoms with van der Waals surface area (Å²) in [6.07, 6.45) is 4.92. The Bertz CT molecular complexity index is 1150. The Balaban J connectivity index is 1.51. The Hall–Kier alpha value is -3.81. The Morgan fingerprint density at radius 2 is 1.87 bits per heavy atom. The van der Waals surface area contributed by atoms with Crippen molar-refractivity contribution in [1.82, 2.24) is 30.2 Å². The molecule has 0 spiro atoms. The zero-order valence-electron chi connectivity index (χ0n) is 17.0. The fourth-order valence-corrected chi connectivity index (χ4v) is 3.18. The van der Waals surface area contributed by atoms with E-state index in [0.717, 1.165) is 16.9 Å². The molecule has 0 saturated heterocycles. The second-order valence-electron chi connectivity index (χ2n) is 7.28. The highest BCUT2D eigenvalue weighted by atomic mass is 16.5. The van der Waals surface area contributed by atoms with Gasteiger partial charge in [0.1, 0.15) is 0 Å². The van der Waals surface area contributed by atoms with E-state index in [1.54, 1.807) is 30.7 Å². The molecule has 1 amide bonds. The van der Waals surface area contributed by atoms with Crippen LogP contribution in [0, 0.1) is 6.92 Å². The van der Waals surface area contributed by atoms with Crippen molar-refractivity contribution in [2.75, 3.05) is 0 Å². The number of aromatic nitrogens is 5. The van der Waals surface area contributed by atoms with Gasteiger partial charge in [-0.2, -0.15) is 10.1 Å². The fourth-order valence-electron chi connectivity index (χ4n) is 3.18. The Morgan fingerprint density at radius 3 is 2.57 bits per heavy atom. The first-order valence-electron chi connectivity index (χ1n) is 9.69. The summed E-state index contributed by atoms with van der Waals surface area (Å²) in [5.74, 6) is 0.654. The number of benzene rings is 1. The molecule has 8 heteroatoms. The van der Waals surface area contributed by atoms with Crippen LogP contribution in [0.3, 0.4) is 0 Å². The van der Waals surface area contributed by atoms with Crippen molar-refractivity contribution in [1.29, 1.82) is 0 Å².